The highest BCUT2D eigenvalue weighted by Crippen LogP contribution is 2.12. The zero-order valence-corrected chi connectivity index (χ0v) is 12.5. The molecule has 0 bridgehead atoms. The van der Waals surface area contributed by atoms with Crippen LogP contribution in [0.15, 0.2) is 40.4 Å². The van der Waals surface area contributed by atoms with E-state index in [4.69, 9.17) is 0 Å². The fourth-order valence-corrected chi connectivity index (χ4v) is 2.60. The van der Waals surface area contributed by atoms with Crippen molar-refractivity contribution < 1.29 is 4.79 Å². The number of rotatable bonds is 5. The van der Waals surface area contributed by atoms with E-state index in [1.807, 2.05) is 24.3 Å². The number of amides is 1. The molecular formula is C15H19BrN2O. The highest BCUT2D eigenvalue weighted by atomic mass is 79.9. The monoisotopic (exact) mass is 322 g/mol. The van der Waals surface area contributed by atoms with E-state index in [-0.39, 0.29) is 5.91 Å². The molecule has 0 unspecified atom stereocenters. The Morgan fingerprint density at radius 1 is 1.42 bits per heavy atom. The predicted octanol–water partition coefficient (Wildman–Crippen LogP) is 2.42. The van der Waals surface area contributed by atoms with Crippen LogP contribution in [0.1, 0.15) is 18.4 Å². The summed E-state index contributed by atoms with van der Waals surface area (Å²) < 4.78 is 1.01. The van der Waals surface area contributed by atoms with Gasteiger partial charge in [-0.15, -0.1) is 0 Å². The van der Waals surface area contributed by atoms with Gasteiger partial charge in [0.25, 0.3) is 0 Å². The first-order valence-electron chi connectivity index (χ1n) is 6.64. The van der Waals surface area contributed by atoms with Crippen molar-refractivity contribution in [2.75, 3.05) is 19.6 Å². The van der Waals surface area contributed by atoms with Gasteiger partial charge in [-0.25, -0.2) is 0 Å². The zero-order chi connectivity index (χ0) is 13.5. The van der Waals surface area contributed by atoms with Crippen LogP contribution < -0.4 is 10.6 Å². The molecule has 1 aromatic rings. The summed E-state index contributed by atoms with van der Waals surface area (Å²) in [6.45, 7) is 2.75. The topological polar surface area (TPSA) is 41.1 Å². The van der Waals surface area contributed by atoms with E-state index in [1.165, 1.54) is 5.57 Å². The summed E-state index contributed by atoms with van der Waals surface area (Å²) >= 11 is 3.41. The Morgan fingerprint density at radius 3 is 3.05 bits per heavy atom. The SMILES string of the molecule is O=C(Cc1cccc(Br)c1)NCCC1=CCNCC1. The smallest absolute Gasteiger partial charge is 0.224 e. The van der Waals surface area contributed by atoms with Crippen molar-refractivity contribution in [2.24, 2.45) is 0 Å². The van der Waals surface area contributed by atoms with E-state index in [9.17, 15) is 4.79 Å². The first-order chi connectivity index (χ1) is 9.24. The fraction of sp³-hybridized carbons (Fsp3) is 0.400. The Labute approximate surface area is 122 Å². The van der Waals surface area contributed by atoms with Gasteiger partial charge in [-0.1, -0.05) is 39.7 Å². The molecule has 4 heteroatoms. The third-order valence-electron chi connectivity index (χ3n) is 3.18. The quantitative estimate of drug-likeness (QED) is 0.817. The Morgan fingerprint density at radius 2 is 2.32 bits per heavy atom. The van der Waals surface area contributed by atoms with Gasteiger partial charge >= 0.3 is 0 Å². The highest BCUT2D eigenvalue weighted by Gasteiger charge is 2.05. The number of hydrogen-bond acceptors (Lipinski definition) is 2. The molecule has 2 N–H and O–H groups in total. The molecule has 19 heavy (non-hydrogen) atoms. The lowest BCUT2D eigenvalue weighted by Gasteiger charge is -2.14. The second-order valence-electron chi connectivity index (χ2n) is 4.72. The molecule has 1 aliphatic rings. The number of carbonyl (C=O) groups excluding carboxylic acids is 1. The van der Waals surface area contributed by atoms with Crippen LogP contribution in [0.3, 0.4) is 0 Å². The van der Waals surface area contributed by atoms with Gasteiger partial charge in [0.05, 0.1) is 6.42 Å². The lowest BCUT2D eigenvalue weighted by Crippen LogP contribution is -2.27. The zero-order valence-electron chi connectivity index (χ0n) is 10.9. The molecule has 0 saturated heterocycles. The summed E-state index contributed by atoms with van der Waals surface area (Å²) in [6.07, 6.45) is 4.73. The van der Waals surface area contributed by atoms with Gasteiger partial charge in [0.1, 0.15) is 0 Å². The van der Waals surface area contributed by atoms with Gasteiger partial charge < -0.3 is 10.6 Å². The molecule has 102 valence electrons. The number of nitrogens with one attached hydrogen (secondary N) is 2. The van der Waals surface area contributed by atoms with Gasteiger partial charge in [-0.05, 0) is 37.1 Å². The maximum Gasteiger partial charge on any atom is 0.224 e. The van der Waals surface area contributed by atoms with Crippen LogP contribution >= 0.6 is 15.9 Å². The molecule has 1 aliphatic heterocycles. The average Bonchev–Trinajstić information content (AvgIpc) is 2.40. The molecule has 1 amide bonds. The van der Waals surface area contributed by atoms with E-state index >= 15 is 0 Å². The van der Waals surface area contributed by atoms with Crippen molar-refractivity contribution in [3.8, 4) is 0 Å². The summed E-state index contributed by atoms with van der Waals surface area (Å²) in [6, 6.07) is 7.87. The Kier molecular flexibility index (Phi) is 5.61. The van der Waals surface area contributed by atoms with E-state index in [0.29, 0.717) is 6.42 Å². The second kappa shape index (κ2) is 7.46. The lowest BCUT2D eigenvalue weighted by atomic mass is 10.1. The number of hydrogen-bond donors (Lipinski definition) is 2. The minimum Gasteiger partial charge on any atom is -0.355 e. The molecule has 0 spiro atoms. The summed E-state index contributed by atoms with van der Waals surface area (Å²) in [5.74, 6) is 0.0904. The molecule has 0 aliphatic carbocycles. The van der Waals surface area contributed by atoms with E-state index in [1.54, 1.807) is 0 Å². The van der Waals surface area contributed by atoms with Gasteiger partial charge in [0, 0.05) is 17.6 Å². The van der Waals surface area contributed by atoms with E-state index in [2.05, 4.69) is 32.6 Å². The Bertz CT molecular complexity index is 471. The van der Waals surface area contributed by atoms with Crippen LogP contribution in [0, 0.1) is 0 Å². The normalized spacial score (nSPS) is 14.9. The van der Waals surface area contributed by atoms with E-state index < -0.39 is 0 Å². The fourth-order valence-electron chi connectivity index (χ4n) is 2.15. The molecule has 0 radical (unpaired) electrons. The van der Waals surface area contributed by atoms with Crippen molar-refractivity contribution in [1.29, 1.82) is 0 Å². The minimum absolute atomic E-state index is 0.0904. The molecule has 3 nitrogen and oxygen atoms in total. The maximum absolute atomic E-state index is 11.8. The molecule has 0 aromatic heterocycles. The standard InChI is InChI=1S/C15H19BrN2O/c16-14-3-1-2-13(10-14)11-15(19)18-9-6-12-4-7-17-8-5-12/h1-4,10,17H,5-9,11H2,(H,18,19). The first-order valence-corrected chi connectivity index (χ1v) is 7.43. The number of carbonyl (C=O) groups is 1. The van der Waals surface area contributed by atoms with Crippen LogP contribution in [0.5, 0.6) is 0 Å². The Balaban J connectivity index is 1.71. The lowest BCUT2D eigenvalue weighted by molar-refractivity contribution is -0.120. The highest BCUT2D eigenvalue weighted by molar-refractivity contribution is 9.10. The molecular weight excluding hydrogens is 304 g/mol. The van der Waals surface area contributed by atoms with Crippen LogP contribution in [-0.2, 0) is 11.2 Å². The van der Waals surface area contributed by atoms with Crippen molar-refractivity contribution >= 4 is 21.8 Å². The summed E-state index contributed by atoms with van der Waals surface area (Å²) in [4.78, 5) is 11.8. The molecule has 1 heterocycles. The van der Waals surface area contributed by atoms with Crippen molar-refractivity contribution in [1.82, 2.24) is 10.6 Å². The summed E-state index contributed by atoms with van der Waals surface area (Å²) in [7, 11) is 0. The van der Waals surface area contributed by atoms with Crippen LogP contribution in [0.4, 0.5) is 0 Å². The maximum atomic E-state index is 11.8. The van der Waals surface area contributed by atoms with Crippen molar-refractivity contribution in [2.45, 2.75) is 19.3 Å². The predicted molar refractivity (Wildman–Crippen MR) is 81.0 cm³/mol. The van der Waals surface area contributed by atoms with Gasteiger partial charge in [-0.3, -0.25) is 4.79 Å². The van der Waals surface area contributed by atoms with E-state index in [0.717, 1.165) is 42.5 Å². The van der Waals surface area contributed by atoms with Crippen molar-refractivity contribution in [3.05, 3.63) is 46.0 Å². The first kappa shape index (κ1) is 14.3. The van der Waals surface area contributed by atoms with Gasteiger partial charge in [0.2, 0.25) is 5.91 Å². The third kappa shape index (κ3) is 5.17. The summed E-state index contributed by atoms with van der Waals surface area (Å²) in [5.41, 5.74) is 2.48. The van der Waals surface area contributed by atoms with Crippen LogP contribution in [-0.4, -0.2) is 25.5 Å². The molecule has 0 saturated carbocycles. The average molecular weight is 323 g/mol. The third-order valence-corrected chi connectivity index (χ3v) is 3.67. The Hall–Kier alpha value is -1.13. The van der Waals surface area contributed by atoms with Crippen LogP contribution in [0.25, 0.3) is 0 Å². The van der Waals surface area contributed by atoms with Crippen molar-refractivity contribution in [3.63, 3.8) is 0 Å². The number of benzene rings is 1. The van der Waals surface area contributed by atoms with Crippen LogP contribution in [0.2, 0.25) is 0 Å². The second-order valence-corrected chi connectivity index (χ2v) is 5.64. The summed E-state index contributed by atoms with van der Waals surface area (Å²) in [5, 5.41) is 6.27. The molecule has 1 aromatic carbocycles. The number of halogens is 1. The molecule has 0 atom stereocenters. The molecule has 0 fully saturated rings. The molecule has 2 rings (SSSR count). The largest absolute Gasteiger partial charge is 0.355 e. The van der Waals surface area contributed by atoms with Gasteiger partial charge in [0.15, 0.2) is 0 Å². The minimum atomic E-state index is 0.0904. The van der Waals surface area contributed by atoms with Gasteiger partial charge in [-0.2, -0.15) is 0 Å².